The van der Waals surface area contributed by atoms with Crippen LogP contribution in [0.25, 0.3) is 0 Å². The molecule has 0 N–H and O–H groups in total. The molecule has 0 unspecified atom stereocenters. The zero-order valence-electron chi connectivity index (χ0n) is 15.9. The first-order valence-corrected chi connectivity index (χ1v) is 10.9. The summed E-state index contributed by atoms with van der Waals surface area (Å²) in [6.45, 7) is 11.9. The standard InChI is InChI=1S/C18H37NO2Si/c1-15-9-11-16(12-10-15)22(20-6,21-7)19-17(2,3)13-8-14-18(19,4)5/h15-16H,8-14H2,1-7H3. The molecule has 1 aliphatic carbocycles. The van der Waals surface area contributed by atoms with Crippen LogP contribution in [0.4, 0.5) is 0 Å². The SMILES string of the molecule is CO[Si](OC)(C1CCC(C)CC1)N1C(C)(C)CCCC1(C)C. The first-order chi connectivity index (χ1) is 10.2. The van der Waals surface area contributed by atoms with E-state index in [0.717, 1.165) is 5.92 Å². The molecule has 0 spiro atoms. The predicted octanol–water partition coefficient (Wildman–Crippen LogP) is 4.84. The fourth-order valence-corrected chi connectivity index (χ4v) is 9.78. The highest BCUT2D eigenvalue weighted by molar-refractivity contribution is 6.66. The number of hydrogen-bond acceptors (Lipinski definition) is 3. The van der Waals surface area contributed by atoms with Gasteiger partial charge in [0.15, 0.2) is 0 Å². The maximum atomic E-state index is 6.32. The van der Waals surface area contributed by atoms with E-state index in [1.165, 1.54) is 44.9 Å². The summed E-state index contributed by atoms with van der Waals surface area (Å²) in [6, 6.07) is 0. The van der Waals surface area contributed by atoms with Crippen LogP contribution in [0.15, 0.2) is 0 Å². The summed E-state index contributed by atoms with van der Waals surface area (Å²) in [5, 5.41) is 0. The molecule has 2 fully saturated rings. The highest BCUT2D eigenvalue weighted by Crippen LogP contribution is 2.49. The molecule has 1 aliphatic heterocycles. The van der Waals surface area contributed by atoms with Crippen LogP contribution < -0.4 is 0 Å². The van der Waals surface area contributed by atoms with E-state index in [4.69, 9.17) is 8.85 Å². The minimum atomic E-state index is -2.41. The largest absolute Gasteiger partial charge is 0.431 e. The molecule has 0 aromatic carbocycles. The number of piperidine rings is 1. The molecule has 0 amide bonds. The van der Waals surface area contributed by atoms with Gasteiger partial charge in [0.05, 0.1) is 0 Å². The Hall–Kier alpha value is 0.0969. The lowest BCUT2D eigenvalue weighted by Gasteiger charge is -2.60. The van der Waals surface area contributed by atoms with Gasteiger partial charge in [-0.05, 0) is 65.7 Å². The summed E-state index contributed by atoms with van der Waals surface area (Å²) in [4.78, 5) is 0. The highest BCUT2D eigenvalue weighted by Gasteiger charge is 2.60. The quantitative estimate of drug-likeness (QED) is 0.690. The maximum Gasteiger partial charge on any atom is 0.431 e. The second kappa shape index (κ2) is 6.54. The third-order valence-electron chi connectivity index (χ3n) is 6.22. The molecular formula is C18H37NO2Si. The second-order valence-electron chi connectivity index (χ2n) is 8.81. The van der Waals surface area contributed by atoms with E-state index in [0.29, 0.717) is 5.54 Å². The van der Waals surface area contributed by atoms with Gasteiger partial charge in [-0.1, -0.05) is 19.8 Å². The van der Waals surface area contributed by atoms with Crippen molar-refractivity contribution in [2.24, 2.45) is 5.92 Å². The van der Waals surface area contributed by atoms with E-state index >= 15 is 0 Å². The van der Waals surface area contributed by atoms with E-state index in [9.17, 15) is 0 Å². The van der Waals surface area contributed by atoms with Crippen LogP contribution in [0.1, 0.15) is 79.6 Å². The van der Waals surface area contributed by atoms with Gasteiger partial charge >= 0.3 is 8.72 Å². The van der Waals surface area contributed by atoms with Gasteiger partial charge in [0.1, 0.15) is 0 Å². The lowest BCUT2D eigenvalue weighted by molar-refractivity contribution is -0.0162. The van der Waals surface area contributed by atoms with Crippen molar-refractivity contribution in [2.45, 2.75) is 96.2 Å². The van der Waals surface area contributed by atoms with E-state index < -0.39 is 8.72 Å². The first kappa shape index (κ1) is 18.4. The maximum absolute atomic E-state index is 6.32. The third-order valence-corrected chi connectivity index (χ3v) is 10.8. The molecule has 22 heavy (non-hydrogen) atoms. The Morgan fingerprint density at radius 3 is 1.73 bits per heavy atom. The summed E-state index contributed by atoms with van der Waals surface area (Å²) in [7, 11) is 1.39. The van der Waals surface area contributed by atoms with Crippen molar-refractivity contribution in [2.75, 3.05) is 14.2 Å². The summed E-state index contributed by atoms with van der Waals surface area (Å²) < 4.78 is 15.3. The fourth-order valence-electron chi connectivity index (χ4n) is 5.25. The van der Waals surface area contributed by atoms with Gasteiger partial charge in [-0.2, -0.15) is 0 Å². The lowest BCUT2D eigenvalue weighted by Crippen LogP contribution is -2.74. The van der Waals surface area contributed by atoms with Crippen LogP contribution in [0.2, 0.25) is 5.54 Å². The van der Waals surface area contributed by atoms with Crippen molar-refractivity contribution < 1.29 is 8.85 Å². The Bertz CT molecular complexity index is 355. The molecule has 0 bridgehead atoms. The smallest absolute Gasteiger partial charge is 0.386 e. The van der Waals surface area contributed by atoms with E-state index in [1.807, 2.05) is 14.2 Å². The molecule has 1 saturated heterocycles. The van der Waals surface area contributed by atoms with Crippen molar-refractivity contribution in [1.82, 2.24) is 4.57 Å². The number of nitrogens with zero attached hydrogens (tertiary/aromatic N) is 1. The van der Waals surface area contributed by atoms with Gasteiger partial charge in [-0.15, -0.1) is 0 Å². The van der Waals surface area contributed by atoms with Gasteiger partial charge < -0.3 is 8.85 Å². The fraction of sp³-hybridized carbons (Fsp3) is 1.00. The van der Waals surface area contributed by atoms with E-state index in [-0.39, 0.29) is 11.1 Å². The highest BCUT2D eigenvalue weighted by atomic mass is 28.4. The molecule has 0 atom stereocenters. The lowest BCUT2D eigenvalue weighted by atomic mass is 9.83. The number of hydrogen-bond donors (Lipinski definition) is 0. The molecule has 2 aliphatic rings. The van der Waals surface area contributed by atoms with Gasteiger partial charge in [0.2, 0.25) is 0 Å². The number of rotatable bonds is 4. The van der Waals surface area contributed by atoms with Crippen molar-refractivity contribution >= 4 is 8.72 Å². The first-order valence-electron chi connectivity index (χ1n) is 9.10. The molecule has 1 heterocycles. The Labute approximate surface area is 139 Å². The van der Waals surface area contributed by atoms with Crippen LogP contribution in [0.5, 0.6) is 0 Å². The summed E-state index contributed by atoms with van der Waals surface area (Å²) in [5.41, 5.74) is 0.905. The molecule has 0 aromatic heterocycles. The third kappa shape index (κ3) is 3.17. The van der Waals surface area contributed by atoms with Crippen LogP contribution in [-0.4, -0.2) is 38.6 Å². The van der Waals surface area contributed by atoms with Gasteiger partial charge in [0.25, 0.3) is 0 Å². The summed E-state index contributed by atoms with van der Waals surface area (Å²) in [5.74, 6) is 0.860. The molecule has 0 radical (unpaired) electrons. The average Bonchev–Trinajstić information content (AvgIpc) is 2.43. The van der Waals surface area contributed by atoms with E-state index in [1.54, 1.807) is 0 Å². The van der Waals surface area contributed by atoms with Crippen molar-refractivity contribution in [3.8, 4) is 0 Å². The van der Waals surface area contributed by atoms with Crippen molar-refractivity contribution in [3.63, 3.8) is 0 Å². The topological polar surface area (TPSA) is 21.7 Å². The Morgan fingerprint density at radius 2 is 1.32 bits per heavy atom. The van der Waals surface area contributed by atoms with Crippen LogP contribution in [-0.2, 0) is 8.85 Å². The molecule has 3 nitrogen and oxygen atoms in total. The summed E-state index contributed by atoms with van der Waals surface area (Å²) >= 11 is 0. The zero-order chi connectivity index (χ0) is 16.6. The van der Waals surface area contributed by atoms with Crippen molar-refractivity contribution in [3.05, 3.63) is 0 Å². The Morgan fingerprint density at radius 1 is 0.864 bits per heavy atom. The zero-order valence-corrected chi connectivity index (χ0v) is 16.9. The van der Waals surface area contributed by atoms with Crippen LogP contribution in [0, 0.1) is 5.92 Å². The predicted molar refractivity (Wildman–Crippen MR) is 95.0 cm³/mol. The molecule has 1 saturated carbocycles. The average molecular weight is 328 g/mol. The van der Waals surface area contributed by atoms with Crippen LogP contribution >= 0.6 is 0 Å². The molecular weight excluding hydrogens is 290 g/mol. The van der Waals surface area contributed by atoms with Crippen LogP contribution in [0.3, 0.4) is 0 Å². The normalized spacial score (nSPS) is 32.9. The van der Waals surface area contributed by atoms with E-state index in [2.05, 4.69) is 39.2 Å². The van der Waals surface area contributed by atoms with Crippen molar-refractivity contribution in [1.29, 1.82) is 0 Å². The molecule has 0 aromatic rings. The Kier molecular flexibility index (Phi) is 5.48. The molecule has 2 rings (SSSR count). The van der Waals surface area contributed by atoms with Gasteiger partial charge in [-0.25, -0.2) is 0 Å². The molecule has 130 valence electrons. The second-order valence-corrected chi connectivity index (χ2v) is 12.2. The summed E-state index contributed by atoms with van der Waals surface area (Å²) in [6.07, 6.45) is 8.94. The Balaban J connectivity index is 2.39. The van der Waals surface area contributed by atoms with Gasteiger partial charge in [0, 0.05) is 30.8 Å². The minimum absolute atomic E-state index is 0.156. The molecule has 4 heteroatoms. The van der Waals surface area contributed by atoms with Gasteiger partial charge in [-0.3, -0.25) is 4.57 Å². The minimum Gasteiger partial charge on any atom is -0.386 e. The monoisotopic (exact) mass is 327 g/mol.